The maximum Gasteiger partial charge on any atom is 0.251 e. The fourth-order valence-corrected chi connectivity index (χ4v) is 4.63. The topological polar surface area (TPSA) is 67.1 Å². The quantitative estimate of drug-likeness (QED) is 0.461. The van der Waals surface area contributed by atoms with Crippen LogP contribution in [0.4, 0.5) is 14.7 Å². The van der Waals surface area contributed by atoms with Gasteiger partial charge < -0.3 is 10.6 Å². The van der Waals surface area contributed by atoms with Gasteiger partial charge in [-0.1, -0.05) is 38.5 Å². The van der Waals surface area contributed by atoms with Gasteiger partial charge in [0.1, 0.15) is 0 Å². The molecule has 6 nitrogen and oxygen atoms in total. The van der Waals surface area contributed by atoms with Crippen LogP contribution in [0.2, 0.25) is 0 Å². The summed E-state index contributed by atoms with van der Waals surface area (Å²) >= 11 is 0. The molecule has 5 rings (SSSR count). The van der Waals surface area contributed by atoms with E-state index in [9.17, 15) is 8.78 Å². The highest BCUT2D eigenvalue weighted by atomic mass is 19.3. The van der Waals surface area contributed by atoms with Crippen LogP contribution in [0.15, 0.2) is 43.9 Å². The number of anilines is 1. The van der Waals surface area contributed by atoms with Gasteiger partial charge in [0.2, 0.25) is 5.95 Å². The number of aryl methyl sites for hydroxylation is 1. The van der Waals surface area contributed by atoms with E-state index in [-0.39, 0.29) is 18.9 Å². The third-order valence-corrected chi connectivity index (χ3v) is 6.86. The van der Waals surface area contributed by atoms with E-state index < -0.39 is 5.92 Å². The van der Waals surface area contributed by atoms with Crippen molar-refractivity contribution in [1.29, 1.82) is 0 Å². The Bertz CT molecular complexity index is 1190. The number of rotatable bonds is 6. The minimum atomic E-state index is -2.37. The second-order valence-electron chi connectivity index (χ2n) is 9.45. The van der Waals surface area contributed by atoms with E-state index in [4.69, 9.17) is 0 Å². The summed E-state index contributed by atoms with van der Waals surface area (Å²) < 4.78 is 25.7. The smallest absolute Gasteiger partial charge is 0.251 e. The first-order chi connectivity index (χ1) is 16.8. The highest BCUT2D eigenvalue weighted by molar-refractivity contribution is 5.82. The molecule has 3 aromatic rings. The van der Waals surface area contributed by atoms with E-state index in [1.807, 2.05) is 42.2 Å². The van der Waals surface area contributed by atoms with Crippen LogP contribution < -0.4 is 10.6 Å². The molecular weight excluding hydrogens is 446 g/mol. The van der Waals surface area contributed by atoms with E-state index in [1.165, 1.54) is 32.1 Å². The third kappa shape index (κ3) is 5.93. The van der Waals surface area contributed by atoms with Crippen molar-refractivity contribution in [2.45, 2.75) is 69.9 Å². The number of aromatic nitrogens is 4. The molecular formula is C27H34F2N6. The fraction of sp³-hybridized carbons (Fsp3) is 0.444. The number of hydrogen-bond donors (Lipinski definition) is 2. The van der Waals surface area contributed by atoms with Crippen molar-refractivity contribution in [3.8, 4) is 0 Å². The molecule has 3 aromatic heterocycles. The van der Waals surface area contributed by atoms with E-state index in [2.05, 4.69) is 44.9 Å². The molecule has 0 atom stereocenters. The normalized spacial score (nSPS) is 17.8. The summed E-state index contributed by atoms with van der Waals surface area (Å²) in [5.41, 5.74) is 5.86. The molecule has 0 bridgehead atoms. The fourth-order valence-electron chi connectivity index (χ4n) is 4.63. The first kappa shape index (κ1) is 25.0. The SMILES string of the molecule is C=Cc1cnn2ccc(C(=C)c3cnc(NC4CCCCC4)nc3C)cc12.CNC1CC(F)(F)C1. The van der Waals surface area contributed by atoms with Gasteiger partial charge in [0.05, 0.1) is 17.4 Å². The molecule has 0 saturated heterocycles. The number of hydrogen-bond acceptors (Lipinski definition) is 5. The lowest BCUT2D eigenvalue weighted by Gasteiger charge is -2.34. The summed E-state index contributed by atoms with van der Waals surface area (Å²) in [6.45, 7) is 10.2. The zero-order valence-corrected chi connectivity index (χ0v) is 20.5. The predicted molar refractivity (Wildman–Crippen MR) is 138 cm³/mol. The van der Waals surface area contributed by atoms with Crippen LogP contribution >= 0.6 is 0 Å². The van der Waals surface area contributed by atoms with Crippen LogP contribution in [0, 0.1) is 6.92 Å². The molecule has 2 aliphatic carbocycles. The minimum absolute atomic E-state index is 0.0174. The van der Waals surface area contributed by atoms with Crippen molar-refractivity contribution in [3.63, 3.8) is 0 Å². The Kier molecular flexibility index (Phi) is 7.60. The standard InChI is InChI=1S/C22H25N5.C5H9F2N/c1-4-17-13-24-27-11-10-18(12-21(17)27)15(2)20-14-23-22(25-16(20)3)26-19-8-6-5-7-9-19;1-8-4-2-5(6,7)3-4/h4,10-14,19H,1-2,5-9H2,3H3,(H,23,25,26);4,8H,2-3H2,1H3. The number of alkyl halides is 2. The van der Waals surface area contributed by atoms with E-state index in [0.29, 0.717) is 6.04 Å². The van der Waals surface area contributed by atoms with Crippen LogP contribution in [-0.4, -0.2) is 44.6 Å². The van der Waals surface area contributed by atoms with Gasteiger partial charge in [0.15, 0.2) is 0 Å². The van der Waals surface area contributed by atoms with E-state index >= 15 is 0 Å². The van der Waals surface area contributed by atoms with Gasteiger partial charge in [-0.25, -0.2) is 23.3 Å². The summed E-state index contributed by atoms with van der Waals surface area (Å²) in [5, 5.41) is 10.6. The van der Waals surface area contributed by atoms with Crippen LogP contribution in [0.25, 0.3) is 17.2 Å². The first-order valence-corrected chi connectivity index (χ1v) is 12.2. The largest absolute Gasteiger partial charge is 0.351 e. The molecule has 35 heavy (non-hydrogen) atoms. The van der Waals surface area contributed by atoms with Gasteiger partial charge in [0.25, 0.3) is 5.92 Å². The molecule has 0 unspecified atom stereocenters. The Labute approximate surface area is 205 Å². The Hall–Kier alpha value is -3.13. The van der Waals surface area contributed by atoms with Crippen LogP contribution in [0.1, 0.15) is 67.3 Å². The monoisotopic (exact) mass is 480 g/mol. The van der Waals surface area contributed by atoms with Gasteiger partial charge in [-0.15, -0.1) is 0 Å². The average Bonchev–Trinajstić information content (AvgIpc) is 3.25. The van der Waals surface area contributed by atoms with Gasteiger partial charge in [-0.3, -0.25) is 0 Å². The van der Waals surface area contributed by atoms with Crippen molar-refractivity contribution in [2.24, 2.45) is 0 Å². The van der Waals surface area contributed by atoms with E-state index in [1.54, 1.807) is 7.05 Å². The molecule has 2 saturated carbocycles. The second-order valence-corrected chi connectivity index (χ2v) is 9.45. The van der Waals surface area contributed by atoms with Crippen LogP contribution in [0.5, 0.6) is 0 Å². The summed E-state index contributed by atoms with van der Waals surface area (Å²) in [6, 6.07) is 4.65. The number of fused-ring (bicyclic) bond motifs is 1. The third-order valence-electron chi connectivity index (χ3n) is 6.86. The lowest BCUT2D eigenvalue weighted by molar-refractivity contribution is -0.0910. The van der Waals surface area contributed by atoms with Gasteiger partial charge in [-0.2, -0.15) is 5.10 Å². The molecule has 2 N–H and O–H groups in total. The minimum Gasteiger partial charge on any atom is -0.351 e. The average molecular weight is 481 g/mol. The lowest BCUT2D eigenvalue weighted by atomic mass is 9.88. The highest BCUT2D eigenvalue weighted by Crippen LogP contribution is 2.36. The molecule has 2 aliphatic rings. The number of halogens is 2. The van der Waals surface area contributed by atoms with Gasteiger partial charge >= 0.3 is 0 Å². The van der Waals surface area contributed by atoms with Gasteiger partial charge in [0, 0.05) is 48.4 Å². The van der Waals surface area contributed by atoms with E-state index in [0.717, 1.165) is 39.4 Å². The lowest BCUT2D eigenvalue weighted by Crippen LogP contribution is -2.46. The Morgan fingerprint density at radius 3 is 2.51 bits per heavy atom. The maximum absolute atomic E-state index is 11.9. The summed E-state index contributed by atoms with van der Waals surface area (Å²) in [7, 11) is 1.71. The molecule has 0 radical (unpaired) electrons. The summed E-state index contributed by atoms with van der Waals surface area (Å²) in [6.07, 6.45) is 13.8. The number of nitrogens with zero attached hydrogens (tertiary/aromatic N) is 4. The molecule has 8 heteroatoms. The van der Waals surface area contributed by atoms with Crippen LogP contribution in [0.3, 0.4) is 0 Å². The number of pyridine rings is 1. The maximum atomic E-state index is 11.9. The molecule has 186 valence electrons. The van der Waals surface area contributed by atoms with Crippen LogP contribution in [-0.2, 0) is 0 Å². The summed E-state index contributed by atoms with van der Waals surface area (Å²) in [5.74, 6) is -1.65. The zero-order chi connectivity index (χ0) is 25.0. The highest BCUT2D eigenvalue weighted by Gasteiger charge is 2.44. The van der Waals surface area contributed by atoms with Gasteiger partial charge in [-0.05, 0) is 50.1 Å². The molecule has 3 heterocycles. The number of nitrogens with one attached hydrogen (secondary N) is 2. The molecule has 0 spiro atoms. The summed E-state index contributed by atoms with van der Waals surface area (Å²) in [4.78, 5) is 9.23. The Balaban J connectivity index is 0.000000308. The zero-order valence-electron chi connectivity index (χ0n) is 20.5. The molecule has 0 aliphatic heterocycles. The first-order valence-electron chi connectivity index (χ1n) is 12.2. The molecule has 0 amide bonds. The van der Waals surface area contributed by atoms with Crippen molar-refractivity contribution >= 4 is 23.1 Å². The second kappa shape index (κ2) is 10.6. The van der Waals surface area contributed by atoms with Crippen molar-refractivity contribution in [2.75, 3.05) is 12.4 Å². The Morgan fingerprint density at radius 2 is 1.91 bits per heavy atom. The predicted octanol–water partition coefficient (Wildman–Crippen LogP) is 5.89. The molecule has 0 aromatic carbocycles. The van der Waals surface area contributed by atoms with Crippen molar-refractivity contribution in [3.05, 3.63) is 66.3 Å². The van der Waals surface area contributed by atoms with Crippen molar-refractivity contribution in [1.82, 2.24) is 24.9 Å². The van der Waals surface area contributed by atoms with Crippen molar-refractivity contribution < 1.29 is 8.78 Å². The Morgan fingerprint density at radius 1 is 1.17 bits per heavy atom. The molecule has 2 fully saturated rings.